The lowest BCUT2D eigenvalue weighted by Gasteiger charge is -2.25. The first kappa shape index (κ1) is 19.6. The first-order chi connectivity index (χ1) is 13.0. The fourth-order valence-corrected chi connectivity index (χ4v) is 4.16. The van der Waals surface area contributed by atoms with Crippen molar-refractivity contribution in [3.63, 3.8) is 0 Å². The predicted molar refractivity (Wildman–Crippen MR) is 109 cm³/mol. The van der Waals surface area contributed by atoms with Crippen LogP contribution in [0, 0.1) is 5.92 Å². The third-order valence-corrected chi connectivity index (χ3v) is 5.63. The predicted octanol–water partition coefficient (Wildman–Crippen LogP) is 3.57. The highest BCUT2D eigenvalue weighted by atomic mass is 32.1. The highest BCUT2D eigenvalue weighted by molar-refractivity contribution is 7.10. The lowest BCUT2D eigenvalue weighted by atomic mass is 9.98. The van der Waals surface area contributed by atoms with Crippen molar-refractivity contribution in [1.29, 1.82) is 0 Å². The zero-order valence-electron chi connectivity index (χ0n) is 16.1. The van der Waals surface area contributed by atoms with Crippen LogP contribution in [-0.4, -0.2) is 36.0 Å². The molecule has 1 aromatic heterocycles. The molecule has 0 bridgehead atoms. The van der Waals surface area contributed by atoms with Crippen molar-refractivity contribution in [1.82, 2.24) is 15.5 Å². The van der Waals surface area contributed by atoms with Crippen molar-refractivity contribution in [2.24, 2.45) is 5.92 Å². The fraction of sp³-hybridized carbons (Fsp3) is 0.429. The molecule has 0 saturated carbocycles. The molecular formula is C21H27N3O2S. The number of hydrogen-bond acceptors (Lipinski definition) is 4. The molecule has 1 aliphatic rings. The number of rotatable bonds is 7. The Labute approximate surface area is 164 Å². The van der Waals surface area contributed by atoms with E-state index in [2.05, 4.69) is 54.8 Å². The van der Waals surface area contributed by atoms with Crippen LogP contribution >= 0.6 is 11.3 Å². The Balaban J connectivity index is 1.78. The van der Waals surface area contributed by atoms with E-state index in [0.717, 1.165) is 16.9 Å². The highest BCUT2D eigenvalue weighted by Crippen LogP contribution is 2.27. The Morgan fingerprint density at radius 1 is 1.22 bits per heavy atom. The summed E-state index contributed by atoms with van der Waals surface area (Å²) < 4.78 is 0. The zero-order valence-corrected chi connectivity index (χ0v) is 16.9. The van der Waals surface area contributed by atoms with Gasteiger partial charge in [0.1, 0.15) is 0 Å². The molecule has 27 heavy (non-hydrogen) atoms. The second-order valence-electron chi connectivity index (χ2n) is 7.40. The molecule has 0 aliphatic carbocycles. The molecule has 6 heteroatoms. The van der Waals surface area contributed by atoms with E-state index in [1.165, 1.54) is 10.5 Å². The minimum atomic E-state index is -0.462. The molecule has 0 spiro atoms. The molecule has 1 saturated heterocycles. The normalized spacial score (nSPS) is 16.4. The SMILES string of the molecule is CC(C)Cc1ccc([C@H](N[C@@H](C)C(=O)N2CCNC2=O)c2cccs2)cc1. The summed E-state index contributed by atoms with van der Waals surface area (Å²) in [7, 11) is 0. The molecule has 0 radical (unpaired) electrons. The molecule has 1 aliphatic heterocycles. The topological polar surface area (TPSA) is 61.4 Å². The monoisotopic (exact) mass is 385 g/mol. The van der Waals surface area contributed by atoms with Crippen LogP contribution in [0.3, 0.4) is 0 Å². The van der Waals surface area contributed by atoms with Gasteiger partial charge in [-0.1, -0.05) is 44.2 Å². The number of benzene rings is 1. The average molecular weight is 386 g/mol. The number of imide groups is 1. The minimum Gasteiger partial charge on any atom is -0.336 e. The zero-order chi connectivity index (χ0) is 19.4. The summed E-state index contributed by atoms with van der Waals surface area (Å²) in [6.07, 6.45) is 1.05. The van der Waals surface area contributed by atoms with Gasteiger partial charge in [0.25, 0.3) is 0 Å². The number of nitrogens with zero attached hydrogens (tertiary/aromatic N) is 1. The quantitative estimate of drug-likeness (QED) is 0.766. The van der Waals surface area contributed by atoms with Crippen LogP contribution in [0.4, 0.5) is 4.79 Å². The molecule has 0 unspecified atom stereocenters. The van der Waals surface area contributed by atoms with Crippen LogP contribution in [0.1, 0.15) is 42.8 Å². The van der Waals surface area contributed by atoms with Gasteiger partial charge in [0.05, 0.1) is 12.1 Å². The lowest BCUT2D eigenvalue weighted by Crippen LogP contribution is -2.47. The van der Waals surface area contributed by atoms with E-state index in [-0.39, 0.29) is 18.0 Å². The molecule has 1 fully saturated rings. The van der Waals surface area contributed by atoms with E-state index < -0.39 is 6.04 Å². The van der Waals surface area contributed by atoms with Crippen molar-refractivity contribution in [3.05, 3.63) is 57.8 Å². The van der Waals surface area contributed by atoms with Crippen molar-refractivity contribution < 1.29 is 9.59 Å². The second-order valence-corrected chi connectivity index (χ2v) is 8.38. The molecular weight excluding hydrogens is 358 g/mol. The van der Waals surface area contributed by atoms with Gasteiger partial charge in [0.15, 0.2) is 0 Å². The van der Waals surface area contributed by atoms with Crippen LogP contribution in [-0.2, 0) is 11.2 Å². The van der Waals surface area contributed by atoms with Crippen molar-refractivity contribution in [3.8, 4) is 0 Å². The van der Waals surface area contributed by atoms with E-state index in [4.69, 9.17) is 0 Å². The summed E-state index contributed by atoms with van der Waals surface area (Å²) in [6.45, 7) is 7.19. The van der Waals surface area contributed by atoms with E-state index in [1.807, 2.05) is 18.4 Å². The van der Waals surface area contributed by atoms with Crippen molar-refractivity contribution in [2.45, 2.75) is 39.3 Å². The average Bonchev–Trinajstić information content (AvgIpc) is 3.31. The van der Waals surface area contributed by atoms with Gasteiger partial charge in [0, 0.05) is 18.0 Å². The van der Waals surface area contributed by atoms with E-state index in [0.29, 0.717) is 19.0 Å². The largest absolute Gasteiger partial charge is 0.336 e. The molecule has 2 heterocycles. The first-order valence-corrected chi connectivity index (χ1v) is 10.3. The van der Waals surface area contributed by atoms with Crippen LogP contribution < -0.4 is 10.6 Å². The second kappa shape index (κ2) is 8.67. The van der Waals surface area contributed by atoms with Crippen molar-refractivity contribution in [2.75, 3.05) is 13.1 Å². The highest BCUT2D eigenvalue weighted by Gasteiger charge is 2.31. The molecule has 3 amide bonds. The summed E-state index contributed by atoms with van der Waals surface area (Å²) in [5.41, 5.74) is 2.44. The standard InChI is InChI=1S/C21H27N3O2S/c1-14(2)13-16-6-8-17(9-7-16)19(18-5-4-12-27-18)23-15(3)20(25)24-11-10-22-21(24)26/h4-9,12,14-15,19,23H,10-11,13H2,1-3H3,(H,22,26)/t15-,19-/m0/s1. The van der Waals surface area contributed by atoms with Gasteiger partial charge in [-0.05, 0) is 41.8 Å². The van der Waals surface area contributed by atoms with Gasteiger partial charge in [-0.2, -0.15) is 0 Å². The summed E-state index contributed by atoms with van der Waals surface area (Å²) in [5, 5.41) is 8.15. The maximum atomic E-state index is 12.7. The number of amides is 3. The smallest absolute Gasteiger partial charge is 0.324 e. The number of urea groups is 1. The lowest BCUT2D eigenvalue weighted by molar-refractivity contribution is -0.129. The van der Waals surface area contributed by atoms with Crippen molar-refractivity contribution >= 4 is 23.3 Å². The summed E-state index contributed by atoms with van der Waals surface area (Å²) >= 11 is 1.66. The minimum absolute atomic E-state index is 0.0808. The number of thiophene rings is 1. The Kier molecular flexibility index (Phi) is 6.29. The van der Waals surface area contributed by atoms with Crippen LogP contribution in [0.5, 0.6) is 0 Å². The third-order valence-electron chi connectivity index (χ3n) is 4.69. The number of carbonyl (C=O) groups excluding carboxylic acids is 2. The van der Waals surface area contributed by atoms with Gasteiger partial charge in [0.2, 0.25) is 5.91 Å². The molecule has 5 nitrogen and oxygen atoms in total. The molecule has 2 aromatic rings. The maximum Gasteiger partial charge on any atom is 0.324 e. The van der Waals surface area contributed by atoms with Gasteiger partial charge < -0.3 is 5.32 Å². The maximum absolute atomic E-state index is 12.7. The summed E-state index contributed by atoms with van der Waals surface area (Å²) in [6, 6.07) is 11.8. The van der Waals surface area contributed by atoms with Crippen LogP contribution in [0.15, 0.2) is 41.8 Å². The Hall–Kier alpha value is -2.18. The number of carbonyl (C=O) groups is 2. The van der Waals surface area contributed by atoms with Gasteiger partial charge >= 0.3 is 6.03 Å². The Morgan fingerprint density at radius 2 is 1.96 bits per heavy atom. The van der Waals surface area contributed by atoms with E-state index >= 15 is 0 Å². The molecule has 2 N–H and O–H groups in total. The van der Waals surface area contributed by atoms with E-state index in [9.17, 15) is 9.59 Å². The molecule has 2 atom stereocenters. The Morgan fingerprint density at radius 3 is 2.52 bits per heavy atom. The number of nitrogens with one attached hydrogen (secondary N) is 2. The molecule has 144 valence electrons. The van der Waals surface area contributed by atoms with Crippen LogP contribution in [0.2, 0.25) is 0 Å². The van der Waals surface area contributed by atoms with E-state index in [1.54, 1.807) is 11.3 Å². The summed E-state index contributed by atoms with van der Waals surface area (Å²) in [5.74, 6) is 0.425. The molecule has 1 aromatic carbocycles. The first-order valence-electron chi connectivity index (χ1n) is 9.43. The van der Waals surface area contributed by atoms with Crippen LogP contribution in [0.25, 0.3) is 0 Å². The summed E-state index contributed by atoms with van der Waals surface area (Å²) in [4.78, 5) is 26.9. The molecule has 3 rings (SSSR count). The van der Waals surface area contributed by atoms with Gasteiger partial charge in [-0.15, -0.1) is 11.3 Å². The van der Waals surface area contributed by atoms with Gasteiger partial charge in [-0.25, -0.2) is 4.79 Å². The fourth-order valence-electron chi connectivity index (χ4n) is 3.35. The Bertz CT molecular complexity index is 771. The van der Waals surface area contributed by atoms with Gasteiger partial charge in [-0.3, -0.25) is 15.0 Å². The number of hydrogen-bond donors (Lipinski definition) is 2. The third kappa shape index (κ3) is 4.76.